The molecule has 4 atom stereocenters. The molecule has 0 aliphatic carbocycles. The zero-order valence-corrected chi connectivity index (χ0v) is 14.4. The van der Waals surface area contributed by atoms with Crippen molar-refractivity contribution in [3.05, 3.63) is 0 Å². The summed E-state index contributed by atoms with van der Waals surface area (Å²) in [6.45, 7) is 18.0. The molecular weight excluding hydrogens is 232 g/mol. The molecule has 114 valence electrons. The van der Waals surface area contributed by atoms with E-state index in [0.29, 0.717) is 30.3 Å². The van der Waals surface area contributed by atoms with Crippen LogP contribution >= 0.6 is 0 Å². The summed E-state index contributed by atoms with van der Waals surface area (Å²) in [5, 5.41) is 8.75. The fourth-order valence-corrected chi connectivity index (χ4v) is 1.85. The molecule has 19 heavy (non-hydrogen) atoms. The van der Waals surface area contributed by atoms with Crippen LogP contribution in [-0.2, 0) is 0 Å². The van der Waals surface area contributed by atoms with E-state index in [9.17, 15) is 0 Å². The highest BCUT2D eigenvalue weighted by atomic mass is 16.3. The lowest BCUT2D eigenvalue weighted by Crippen LogP contribution is -2.17. The number of aliphatic hydroxyl groups is 1. The summed E-state index contributed by atoms with van der Waals surface area (Å²) in [6, 6.07) is 0. The molecule has 1 N–H and O–H groups in total. The van der Waals surface area contributed by atoms with Crippen molar-refractivity contribution in [2.45, 2.75) is 61.8 Å². The van der Waals surface area contributed by atoms with Crippen molar-refractivity contribution in [1.82, 2.24) is 0 Å². The van der Waals surface area contributed by atoms with Crippen molar-refractivity contribution in [3.8, 4) is 12.3 Å². The van der Waals surface area contributed by atoms with Crippen LogP contribution in [0.3, 0.4) is 0 Å². The largest absolute Gasteiger partial charge is 0.396 e. The maximum Gasteiger partial charge on any atom is 0.0459 e. The van der Waals surface area contributed by atoms with Gasteiger partial charge in [-0.3, -0.25) is 0 Å². The van der Waals surface area contributed by atoms with Crippen molar-refractivity contribution in [2.75, 3.05) is 6.61 Å². The van der Waals surface area contributed by atoms with E-state index < -0.39 is 0 Å². The summed E-state index contributed by atoms with van der Waals surface area (Å²) >= 11 is 0. The third-order valence-electron chi connectivity index (χ3n) is 4.63. The van der Waals surface area contributed by atoms with Crippen LogP contribution in [0.25, 0.3) is 0 Å². The van der Waals surface area contributed by atoms with E-state index in [1.807, 2.05) is 0 Å². The van der Waals surface area contributed by atoms with Crippen molar-refractivity contribution in [3.63, 3.8) is 0 Å². The molecule has 1 nitrogen and oxygen atoms in total. The van der Waals surface area contributed by atoms with Crippen LogP contribution < -0.4 is 0 Å². The molecule has 0 unspecified atom stereocenters. The number of terminal acetylenes is 1. The van der Waals surface area contributed by atoms with Gasteiger partial charge < -0.3 is 5.11 Å². The summed E-state index contributed by atoms with van der Waals surface area (Å²) in [5.41, 5.74) is 0. The van der Waals surface area contributed by atoms with Crippen LogP contribution in [0.4, 0.5) is 0 Å². The molecule has 0 rings (SSSR count). The van der Waals surface area contributed by atoms with Crippen LogP contribution in [0.5, 0.6) is 0 Å². The van der Waals surface area contributed by atoms with Crippen LogP contribution in [0.15, 0.2) is 0 Å². The molecule has 0 aromatic rings. The first-order valence-electron chi connectivity index (χ1n) is 7.73. The topological polar surface area (TPSA) is 20.2 Å². The molecule has 0 aliphatic heterocycles. The molecule has 0 radical (unpaired) electrons. The second-order valence-electron chi connectivity index (χ2n) is 6.75. The van der Waals surface area contributed by atoms with Gasteiger partial charge in [0, 0.05) is 13.0 Å². The predicted octanol–water partition coefficient (Wildman–Crippen LogP) is 4.84. The second kappa shape index (κ2) is 11.4. The highest BCUT2D eigenvalue weighted by Crippen LogP contribution is 2.21. The first-order valence-corrected chi connectivity index (χ1v) is 7.73. The quantitative estimate of drug-likeness (QED) is 0.683. The number of hydrogen-bond donors (Lipinski definition) is 1. The van der Waals surface area contributed by atoms with Gasteiger partial charge in [0.15, 0.2) is 0 Å². The second-order valence-corrected chi connectivity index (χ2v) is 6.75. The molecule has 0 heterocycles. The summed E-state index contributed by atoms with van der Waals surface area (Å²) in [7, 11) is 0. The van der Waals surface area contributed by atoms with Gasteiger partial charge >= 0.3 is 0 Å². The van der Waals surface area contributed by atoms with Gasteiger partial charge in [-0.25, -0.2) is 0 Å². The van der Waals surface area contributed by atoms with Crippen molar-refractivity contribution in [1.29, 1.82) is 0 Å². The minimum atomic E-state index is 0.319. The predicted molar refractivity (Wildman–Crippen MR) is 86.9 cm³/mol. The van der Waals surface area contributed by atoms with E-state index >= 15 is 0 Å². The van der Waals surface area contributed by atoms with Gasteiger partial charge in [0.1, 0.15) is 0 Å². The van der Waals surface area contributed by atoms with Crippen molar-refractivity contribution < 1.29 is 5.11 Å². The molecule has 0 aliphatic rings. The molecule has 0 fully saturated rings. The standard InChI is InChI=1S/C10H18.C8H18O/c1-6-7-9(4)10(5)8(2)3;1-6(2)8(4)7(3)5-9/h1,8-10H,7H2,2-5H3;6-9H,5H2,1-4H3/t9-,10-;7-,8-/m11/s1. The zero-order chi connectivity index (χ0) is 15.6. The van der Waals surface area contributed by atoms with Gasteiger partial charge in [-0.2, -0.15) is 0 Å². The molecule has 0 aromatic carbocycles. The van der Waals surface area contributed by atoms with Gasteiger partial charge in [-0.05, 0) is 35.5 Å². The third kappa shape index (κ3) is 10.0. The average molecular weight is 268 g/mol. The maximum atomic E-state index is 8.75. The van der Waals surface area contributed by atoms with Gasteiger partial charge in [0.25, 0.3) is 0 Å². The van der Waals surface area contributed by atoms with Crippen LogP contribution in [0.1, 0.15) is 61.8 Å². The zero-order valence-electron chi connectivity index (χ0n) is 14.4. The normalized spacial score (nSPS) is 17.2. The van der Waals surface area contributed by atoms with E-state index in [1.165, 1.54) is 0 Å². The number of aliphatic hydroxyl groups excluding tert-OH is 1. The van der Waals surface area contributed by atoms with E-state index in [2.05, 4.69) is 61.3 Å². The SMILES string of the molecule is C#CC[C@@H](C)[C@H](C)C(C)C.CC(C)[C@@H](C)[C@H](C)CO. The lowest BCUT2D eigenvalue weighted by atomic mass is 9.84. The average Bonchev–Trinajstić information content (AvgIpc) is 2.36. The van der Waals surface area contributed by atoms with Gasteiger partial charge in [0.05, 0.1) is 0 Å². The molecular formula is C18H36O. The summed E-state index contributed by atoms with van der Waals surface area (Å²) in [5.74, 6) is 6.64. The Hall–Kier alpha value is -0.480. The molecule has 0 aromatic heterocycles. The number of rotatable bonds is 6. The Morgan fingerprint density at radius 2 is 1.16 bits per heavy atom. The smallest absolute Gasteiger partial charge is 0.0459 e. The Morgan fingerprint density at radius 3 is 1.37 bits per heavy atom. The Morgan fingerprint density at radius 1 is 0.789 bits per heavy atom. The van der Waals surface area contributed by atoms with E-state index in [1.54, 1.807) is 0 Å². The highest BCUT2D eigenvalue weighted by Gasteiger charge is 2.14. The van der Waals surface area contributed by atoms with Gasteiger partial charge in [0.2, 0.25) is 0 Å². The van der Waals surface area contributed by atoms with E-state index in [4.69, 9.17) is 11.5 Å². The Kier molecular flexibility index (Phi) is 12.4. The Balaban J connectivity index is 0. The lowest BCUT2D eigenvalue weighted by molar-refractivity contribution is 0.170. The molecule has 0 spiro atoms. The van der Waals surface area contributed by atoms with E-state index in [0.717, 1.165) is 18.3 Å². The summed E-state index contributed by atoms with van der Waals surface area (Å²) < 4.78 is 0. The van der Waals surface area contributed by atoms with Crippen LogP contribution in [0.2, 0.25) is 0 Å². The van der Waals surface area contributed by atoms with Crippen molar-refractivity contribution in [2.24, 2.45) is 35.5 Å². The fourth-order valence-electron chi connectivity index (χ4n) is 1.85. The molecule has 0 saturated heterocycles. The van der Waals surface area contributed by atoms with Gasteiger partial charge in [-0.15, -0.1) is 12.3 Å². The Labute approximate surface area is 122 Å². The van der Waals surface area contributed by atoms with Crippen LogP contribution in [-0.4, -0.2) is 11.7 Å². The Bertz CT molecular complexity index is 237. The minimum absolute atomic E-state index is 0.319. The minimum Gasteiger partial charge on any atom is -0.396 e. The fraction of sp³-hybridized carbons (Fsp3) is 0.889. The lowest BCUT2D eigenvalue weighted by Gasteiger charge is -2.21. The van der Waals surface area contributed by atoms with Crippen molar-refractivity contribution >= 4 is 0 Å². The summed E-state index contributed by atoms with van der Waals surface area (Å²) in [6.07, 6.45) is 6.13. The van der Waals surface area contributed by atoms with Gasteiger partial charge in [-0.1, -0.05) is 55.4 Å². The summed E-state index contributed by atoms with van der Waals surface area (Å²) in [4.78, 5) is 0. The first kappa shape index (κ1) is 20.8. The molecule has 0 amide bonds. The highest BCUT2D eigenvalue weighted by molar-refractivity contribution is 4.87. The maximum absolute atomic E-state index is 8.75. The monoisotopic (exact) mass is 268 g/mol. The van der Waals surface area contributed by atoms with E-state index in [-0.39, 0.29) is 0 Å². The first-order chi connectivity index (χ1) is 8.68. The molecule has 0 bridgehead atoms. The third-order valence-corrected chi connectivity index (χ3v) is 4.63. The molecule has 1 heteroatoms. The van der Waals surface area contributed by atoms with Crippen LogP contribution in [0, 0.1) is 47.9 Å². The number of hydrogen-bond acceptors (Lipinski definition) is 1. The molecule has 0 saturated carbocycles.